The second-order valence-electron chi connectivity index (χ2n) is 4.28. The number of carboxylic acids is 1. The van der Waals surface area contributed by atoms with Crippen LogP contribution >= 0.6 is 22.6 Å². The first-order chi connectivity index (χ1) is 10.3. The smallest absolute Gasteiger partial charge is 0.339 e. The van der Waals surface area contributed by atoms with Crippen LogP contribution in [0.2, 0.25) is 0 Å². The van der Waals surface area contributed by atoms with Gasteiger partial charge in [0.1, 0.15) is 11.3 Å². The number of nitrogens with one attached hydrogen (secondary N) is 1. The molecule has 2 N–H and O–H groups in total. The summed E-state index contributed by atoms with van der Waals surface area (Å²) >= 11 is 2.11. The average Bonchev–Trinajstić information content (AvgIpc) is 2.48. The molecule has 0 bridgehead atoms. The van der Waals surface area contributed by atoms with Crippen molar-refractivity contribution in [2.24, 2.45) is 0 Å². The number of rotatable bonds is 5. The van der Waals surface area contributed by atoms with Crippen molar-refractivity contribution in [3.63, 3.8) is 0 Å². The molecule has 2 aromatic carbocycles. The van der Waals surface area contributed by atoms with Crippen LogP contribution < -0.4 is 9.46 Å². The van der Waals surface area contributed by atoms with Crippen molar-refractivity contribution in [3.8, 4) is 5.75 Å². The number of hydrogen-bond donors (Lipinski definition) is 2. The second kappa shape index (κ2) is 6.53. The summed E-state index contributed by atoms with van der Waals surface area (Å²) in [5, 5.41) is 9.11. The van der Waals surface area contributed by atoms with Gasteiger partial charge in [0.15, 0.2) is 0 Å². The van der Waals surface area contributed by atoms with E-state index in [9.17, 15) is 13.2 Å². The van der Waals surface area contributed by atoms with Gasteiger partial charge < -0.3 is 9.84 Å². The minimum absolute atomic E-state index is 0.0979. The maximum atomic E-state index is 12.3. The molecule has 0 saturated heterocycles. The fraction of sp³-hybridized carbons (Fsp3) is 0.0714. The molecule has 0 aliphatic heterocycles. The van der Waals surface area contributed by atoms with Crippen LogP contribution in [-0.4, -0.2) is 26.6 Å². The largest absolute Gasteiger partial charge is 0.496 e. The van der Waals surface area contributed by atoms with E-state index in [0.717, 1.165) is 9.64 Å². The topological polar surface area (TPSA) is 92.7 Å². The number of carboxylic acid groups (broad SMARTS) is 1. The molecule has 0 amide bonds. The van der Waals surface area contributed by atoms with E-state index >= 15 is 0 Å². The van der Waals surface area contributed by atoms with Crippen LogP contribution in [0.1, 0.15) is 10.4 Å². The first kappa shape index (κ1) is 16.6. The SMILES string of the molecule is COc1ccc(S(=O)(=O)Nc2ccc(I)cc2)cc1C(=O)O. The Hall–Kier alpha value is -1.81. The number of ether oxygens (including phenoxy) is 1. The van der Waals surface area contributed by atoms with Gasteiger partial charge in [0.2, 0.25) is 0 Å². The quantitative estimate of drug-likeness (QED) is 0.708. The molecule has 0 atom stereocenters. The van der Waals surface area contributed by atoms with Gasteiger partial charge in [0.05, 0.1) is 12.0 Å². The molecule has 0 radical (unpaired) electrons. The number of benzene rings is 2. The zero-order valence-corrected chi connectivity index (χ0v) is 14.4. The van der Waals surface area contributed by atoms with Gasteiger partial charge >= 0.3 is 5.97 Å². The maximum Gasteiger partial charge on any atom is 0.339 e. The summed E-state index contributed by atoms with van der Waals surface area (Å²) in [7, 11) is -2.56. The molecular formula is C14H12INO5S. The second-order valence-corrected chi connectivity index (χ2v) is 7.21. The Labute approximate surface area is 141 Å². The molecule has 0 aromatic heterocycles. The third-order valence-corrected chi connectivity index (χ3v) is 4.91. The van der Waals surface area contributed by atoms with Crippen LogP contribution in [0.15, 0.2) is 47.4 Å². The van der Waals surface area contributed by atoms with Crippen molar-refractivity contribution in [1.29, 1.82) is 0 Å². The molecule has 0 saturated carbocycles. The first-order valence-corrected chi connectivity index (χ1v) is 8.59. The van der Waals surface area contributed by atoms with Crippen LogP contribution in [0.5, 0.6) is 5.75 Å². The van der Waals surface area contributed by atoms with Gasteiger partial charge in [-0.15, -0.1) is 0 Å². The molecule has 2 aromatic rings. The van der Waals surface area contributed by atoms with Crippen molar-refractivity contribution >= 4 is 44.3 Å². The van der Waals surface area contributed by atoms with E-state index < -0.39 is 16.0 Å². The van der Waals surface area contributed by atoms with Crippen molar-refractivity contribution < 1.29 is 23.1 Å². The lowest BCUT2D eigenvalue weighted by Crippen LogP contribution is -2.14. The maximum absolute atomic E-state index is 12.3. The highest BCUT2D eigenvalue weighted by molar-refractivity contribution is 14.1. The standard InChI is InChI=1S/C14H12INO5S/c1-21-13-7-6-11(8-12(13)14(17)18)22(19,20)16-10-4-2-9(15)3-5-10/h2-8,16H,1H3,(H,17,18). The number of anilines is 1. The predicted octanol–water partition coefficient (Wildman–Crippen LogP) is 2.80. The molecule has 0 fully saturated rings. The fourth-order valence-electron chi connectivity index (χ4n) is 1.75. The molecule has 0 aliphatic carbocycles. The molecule has 8 heteroatoms. The summed E-state index contributed by atoms with van der Waals surface area (Å²) in [6, 6.07) is 10.4. The summed E-state index contributed by atoms with van der Waals surface area (Å²) in [6.07, 6.45) is 0. The Morgan fingerprint density at radius 1 is 1.18 bits per heavy atom. The van der Waals surface area contributed by atoms with Crippen molar-refractivity contribution in [2.75, 3.05) is 11.8 Å². The number of methoxy groups -OCH3 is 1. The summed E-state index contributed by atoms with van der Waals surface area (Å²) in [6.45, 7) is 0. The minimum atomic E-state index is -3.88. The Bertz CT molecular complexity index is 802. The Balaban J connectivity index is 2.39. The predicted molar refractivity (Wildman–Crippen MR) is 89.9 cm³/mol. The van der Waals surface area contributed by atoms with Crippen LogP contribution in [0.25, 0.3) is 0 Å². The molecule has 0 spiro atoms. The number of sulfonamides is 1. The van der Waals surface area contributed by atoms with Gasteiger partial charge in [-0.25, -0.2) is 13.2 Å². The van der Waals surface area contributed by atoms with Gasteiger partial charge in [-0.05, 0) is 65.1 Å². The third-order valence-electron chi connectivity index (χ3n) is 2.81. The van der Waals surface area contributed by atoms with E-state index in [1.807, 2.05) is 0 Å². The highest BCUT2D eigenvalue weighted by atomic mass is 127. The number of aromatic carboxylic acids is 1. The van der Waals surface area contributed by atoms with Crippen LogP contribution in [0, 0.1) is 3.57 Å². The zero-order valence-electron chi connectivity index (χ0n) is 11.4. The summed E-state index contributed by atoms with van der Waals surface area (Å²) < 4.78 is 32.9. The van der Waals surface area contributed by atoms with Gasteiger partial charge in [0, 0.05) is 9.26 Å². The molecule has 22 heavy (non-hydrogen) atoms. The highest BCUT2D eigenvalue weighted by Crippen LogP contribution is 2.24. The zero-order chi connectivity index (χ0) is 16.3. The fourth-order valence-corrected chi connectivity index (χ4v) is 3.20. The van der Waals surface area contributed by atoms with Crippen molar-refractivity contribution in [3.05, 3.63) is 51.6 Å². The van der Waals surface area contributed by atoms with Crippen LogP contribution in [0.3, 0.4) is 0 Å². The van der Waals surface area contributed by atoms with E-state index in [2.05, 4.69) is 27.3 Å². The highest BCUT2D eigenvalue weighted by Gasteiger charge is 2.19. The lowest BCUT2D eigenvalue weighted by atomic mass is 10.2. The normalized spacial score (nSPS) is 11.0. The van der Waals surface area contributed by atoms with Crippen molar-refractivity contribution in [1.82, 2.24) is 0 Å². The Morgan fingerprint density at radius 3 is 2.36 bits per heavy atom. The van der Waals surface area contributed by atoms with Gasteiger partial charge in [-0.1, -0.05) is 0 Å². The first-order valence-electron chi connectivity index (χ1n) is 6.03. The molecule has 116 valence electrons. The van der Waals surface area contributed by atoms with Gasteiger partial charge in [-0.2, -0.15) is 0 Å². The third kappa shape index (κ3) is 3.69. The summed E-state index contributed by atoms with van der Waals surface area (Å²) in [5.41, 5.74) is 0.182. The monoisotopic (exact) mass is 433 g/mol. The van der Waals surface area contributed by atoms with E-state index in [4.69, 9.17) is 9.84 Å². The Morgan fingerprint density at radius 2 is 1.82 bits per heavy atom. The van der Waals surface area contributed by atoms with Gasteiger partial charge in [-0.3, -0.25) is 4.72 Å². The van der Waals surface area contributed by atoms with Crippen molar-refractivity contribution in [2.45, 2.75) is 4.90 Å². The summed E-state index contributed by atoms with van der Waals surface area (Å²) in [4.78, 5) is 11.0. The molecule has 0 unspecified atom stereocenters. The minimum Gasteiger partial charge on any atom is -0.496 e. The van der Waals surface area contributed by atoms with Crippen LogP contribution in [0.4, 0.5) is 5.69 Å². The molecular weight excluding hydrogens is 421 g/mol. The number of halogens is 1. The number of carbonyl (C=O) groups is 1. The molecule has 0 heterocycles. The van der Waals surface area contributed by atoms with E-state index in [0.29, 0.717) is 5.69 Å². The molecule has 2 rings (SSSR count). The van der Waals surface area contributed by atoms with E-state index in [1.165, 1.54) is 19.2 Å². The molecule has 0 aliphatic rings. The van der Waals surface area contributed by atoms with Gasteiger partial charge in [0.25, 0.3) is 10.0 Å². The molecule has 6 nitrogen and oxygen atoms in total. The lowest BCUT2D eigenvalue weighted by molar-refractivity contribution is 0.0693. The Kier molecular flexibility index (Phi) is 4.91. The van der Waals surface area contributed by atoms with Crippen LogP contribution in [-0.2, 0) is 10.0 Å². The lowest BCUT2D eigenvalue weighted by Gasteiger charge is -2.10. The van der Waals surface area contributed by atoms with E-state index in [-0.39, 0.29) is 16.2 Å². The average molecular weight is 433 g/mol. The summed E-state index contributed by atoms with van der Waals surface area (Å²) in [5.74, 6) is -1.16. The number of hydrogen-bond acceptors (Lipinski definition) is 4. The van der Waals surface area contributed by atoms with E-state index in [1.54, 1.807) is 24.3 Å².